The summed E-state index contributed by atoms with van der Waals surface area (Å²) in [5.74, 6) is 0. The van der Waals surface area contributed by atoms with E-state index in [0.717, 1.165) is 25.9 Å². The van der Waals surface area contributed by atoms with Crippen LogP contribution < -0.4 is 11.2 Å². The summed E-state index contributed by atoms with van der Waals surface area (Å²) in [7, 11) is 0. The van der Waals surface area contributed by atoms with Crippen LogP contribution in [-0.2, 0) is 0 Å². The summed E-state index contributed by atoms with van der Waals surface area (Å²) in [5, 5.41) is 2.04. The fourth-order valence-corrected chi connectivity index (χ4v) is 4.17. The Labute approximate surface area is 169 Å². The average Bonchev–Trinajstić information content (AvgIpc) is 2.64. The highest BCUT2D eigenvalue weighted by Gasteiger charge is 2.06. The number of nitrogens with one attached hydrogen (secondary N) is 1. The Morgan fingerprint density at radius 3 is 0.926 bits per heavy atom. The summed E-state index contributed by atoms with van der Waals surface area (Å²) in [6.45, 7) is 1.87. The number of amides is 2. The van der Waals surface area contributed by atoms with Crippen molar-refractivity contribution < 1.29 is 4.79 Å². The number of hydrazine groups is 1. The molecule has 1 aliphatic rings. The third-order valence-corrected chi connectivity index (χ3v) is 5.87. The molecule has 0 aliphatic carbocycles. The van der Waals surface area contributed by atoms with Gasteiger partial charge in [-0.15, -0.1) is 0 Å². The fourth-order valence-electron chi connectivity index (χ4n) is 4.17. The number of hydrogen-bond acceptors (Lipinski definition) is 2. The first-order valence-electron chi connectivity index (χ1n) is 12.1. The fraction of sp³-hybridized carbons (Fsp3) is 0.957. The monoisotopic (exact) mass is 381 g/mol. The molecule has 0 saturated carbocycles. The summed E-state index contributed by atoms with van der Waals surface area (Å²) in [4.78, 5) is 11.2. The van der Waals surface area contributed by atoms with Gasteiger partial charge >= 0.3 is 6.03 Å². The largest absolute Gasteiger partial charge is 0.351 e. The molecule has 1 aliphatic heterocycles. The number of urea groups is 1. The molecule has 0 unspecified atom stereocenters. The highest BCUT2D eigenvalue weighted by molar-refractivity contribution is 5.70. The average molecular weight is 382 g/mol. The third-order valence-electron chi connectivity index (χ3n) is 5.87. The van der Waals surface area contributed by atoms with Crippen molar-refractivity contribution in [1.29, 1.82) is 0 Å². The van der Waals surface area contributed by atoms with Gasteiger partial charge in [0, 0.05) is 13.1 Å². The smallest absolute Gasteiger partial charge is 0.326 e. The van der Waals surface area contributed by atoms with Gasteiger partial charge in [-0.3, -0.25) is 5.43 Å². The Morgan fingerprint density at radius 2 is 0.704 bits per heavy atom. The summed E-state index contributed by atoms with van der Waals surface area (Å²) < 4.78 is 0. The van der Waals surface area contributed by atoms with Crippen LogP contribution in [0.1, 0.15) is 128 Å². The van der Waals surface area contributed by atoms with E-state index in [1.165, 1.54) is 116 Å². The third kappa shape index (κ3) is 17.1. The first kappa shape index (κ1) is 24.3. The SMILES string of the molecule is NC(=O)NN1CCCCCCCCCCCCCCCCCCCCCC1. The second kappa shape index (κ2) is 18.6. The maximum atomic E-state index is 11.2. The molecule has 0 aromatic carbocycles. The standard InChI is InChI=1S/C23H47N3O/c24-23(27)25-26-21-19-17-15-13-11-9-7-5-3-1-2-4-6-8-10-12-14-16-18-20-22-26/h1-22H2,(H3,24,25,27). The zero-order valence-corrected chi connectivity index (χ0v) is 18.0. The number of nitrogens with zero attached hydrogens (tertiary/aromatic N) is 1. The number of nitrogens with two attached hydrogens (primary N) is 1. The molecule has 0 aromatic heterocycles. The maximum Gasteiger partial charge on any atom is 0.326 e. The van der Waals surface area contributed by atoms with Crippen LogP contribution in [0.4, 0.5) is 4.79 Å². The van der Waals surface area contributed by atoms with Gasteiger partial charge in [-0.2, -0.15) is 0 Å². The molecule has 1 rings (SSSR count). The van der Waals surface area contributed by atoms with Crippen molar-refractivity contribution in [2.75, 3.05) is 13.1 Å². The molecule has 0 atom stereocenters. The predicted octanol–water partition coefficient (Wildman–Crippen LogP) is 6.69. The number of rotatable bonds is 1. The van der Waals surface area contributed by atoms with Gasteiger partial charge in [0.1, 0.15) is 0 Å². The topological polar surface area (TPSA) is 58.4 Å². The Kier molecular flexibility index (Phi) is 16.7. The summed E-state index contributed by atoms with van der Waals surface area (Å²) in [6.07, 6.45) is 27.3. The molecule has 0 bridgehead atoms. The van der Waals surface area contributed by atoms with Crippen molar-refractivity contribution in [1.82, 2.24) is 10.4 Å². The minimum Gasteiger partial charge on any atom is -0.351 e. The lowest BCUT2D eigenvalue weighted by molar-refractivity contribution is 0.177. The lowest BCUT2D eigenvalue weighted by Crippen LogP contribution is -2.45. The molecule has 4 nitrogen and oxygen atoms in total. The van der Waals surface area contributed by atoms with E-state index in [1.54, 1.807) is 0 Å². The van der Waals surface area contributed by atoms with Crippen LogP contribution in [0.5, 0.6) is 0 Å². The Bertz CT molecular complexity index is 312. The molecule has 2 amide bonds. The molecule has 160 valence electrons. The number of carbonyl (C=O) groups excluding carboxylic acids is 1. The van der Waals surface area contributed by atoms with Gasteiger partial charge in [-0.05, 0) is 12.8 Å². The highest BCUT2D eigenvalue weighted by atomic mass is 16.2. The van der Waals surface area contributed by atoms with E-state index in [0.29, 0.717) is 0 Å². The molecule has 3 N–H and O–H groups in total. The van der Waals surface area contributed by atoms with Gasteiger partial charge in [-0.1, -0.05) is 116 Å². The molecule has 1 fully saturated rings. The van der Waals surface area contributed by atoms with Crippen molar-refractivity contribution in [3.63, 3.8) is 0 Å². The molecule has 1 saturated heterocycles. The van der Waals surface area contributed by atoms with Gasteiger partial charge in [-0.25, -0.2) is 9.80 Å². The van der Waals surface area contributed by atoms with Gasteiger partial charge in [0.25, 0.3) is 0 Å². The van der Waals surface area contributed by atoms with Crippen LogP contribution in [0.2, 0.25) is 0 Å². The first-order valence-corrected chi connectivity index (χ1v) is 12.1. The molecule has 1 heterocycles. The zero-order valence-electron chi connectivity index (χ0n) is 18.0. The molecule has 0 aromatic rings. The zero-order chi connectivity index (χ0) is 19.4. The van der Waals surface area contributed by atoms with E-state index in [-0.39, 0.29) is 0 Å². The van der Waals surface area contributed by atoms with Crippen molar-refractivity contribution in [2.24, 2.45) is 5.73 Å². The summed E-state index contributed by atoms with van der Waals surface area (Å²) in [5.41, 5.74) is 8.13. The Hall–Kier alpha value is -0.770. The minimum atomic E-state index is -0.424. The van der Waals surface area contributed by atoms with Crippen LogP contribution in [0, 0.1) is 0 Å². The van der Waals surface area contributed by atoms with E-state index in [4.69, 9.17) is 5.73 Å². The molecular weight excluding hydrogens is 334 g/mol. The number of hydrogen-bond donors (Lipinski definition) is 2. The van der Waals surface area contributed by atoms with Crippen LogP contribution in [-0.4, -0.2) is 24.1 Å². The summed E-state index contributed by atoms with van der Waals surface area (Å²) in [6, 6.07) is -0.424. The second-order valence-corrected chi connectivity index (χ2v) is 8.53. The highest BCUT2D eigenvalue weighted by Crippen LogP contribution is 2.15. The maximum absolute atomic E-state index is 11.2. The normalized spacial score (nSPS) is 22.7. The van der Waals surface area contributed by atoms with Gasteiger partial charge in [0.15, 0.2) is 0 Å². The van der Waals surface area contributed by atoms with Crippen molar-refractivity contribution >= 4 is 6.03 Å². The molecular formula is C23H47N3O. The Balaban J connectivity index is 2.22. The van der Waals surface area contributed by atoms with Gasteiger partial charge in [0.2, 0.25) is 0 Å². The van der Waals surface area contributed by atoms with Crippen molar-refractivity contribution in [2.45, 2.75) is 128 Å². The summed E-state index contributed by atoms with van der Waals surface area (Å²) >= 11 is 0. The van der Waals surface area contributed by atoms with E-state index in [1.807, 2.05) is 5.01 Å². The van der Waals surface area contributed by atoms with E-state index in [9.17, 15) is 4.79 Å². The molecule has 27 heavy (non-hydrogen) atoms. The lowest BCUT2D eigenvalue weighted by atomic mass is 10.0. The quantitative estimate of drug-likeness (QED) is 0.531. The van der Waals surface area contributed by atoms with Crippen molar-refractivity contribution in [3.8, 4) is 0 Å². The van der Waals surface area contributed by atoms with Crippen LogP contribution >= 0.6 is 0 Å². The number of carbonyl (C=O) groups is 1. The van der Waals surface area contributed by atoms with Crippen LogP contribution in [0.15, 0.2) is 0 Å². The van der Waals surface area contributed by atoms with Crippen LogP contribution in [0.3, 0.4) is 0 Å². The van der Waals surface area contributed by atoms with Crippen molar-refractivity contribution in [3.05, 3.63) is 0 Å². The number of primary amides is 1. The van der Waals surface area contributed by atoms with E-state index in [2.05, 4.69) is 5.43 Å². The molecule has 0 spiro atoms. The Morgan fingerprint density at radius 1 is 0.481 bits per heavy atom. The lowest BCUT2D eigenvalue weighted by Gasteiger charge is -2.22. The van der Waals surface area contributed by atoms with E-state index >= 15 is 0 Å². The van der Waals surface area contributed by atoms with E-state index < -0.39 is 6.03 Å². The van der Waals surface area contributed by atoms with Gasteiger partial charge in [0.05, 0.1) is 0 Å². The first-order chi connectivity index (χ1) is 13.3. The molecule has 4 heteroatoms. The molecule has 0 radical (unpaired) electrons. The minimum absolute atomic E-state index is 0.424. The predicted molar refractivity (Wildman–Crippen MR) is 117 cm³/mol. The van der Waals surface area contributed by atoms with Gasteiger partial charge < -0.3 is 5.73 Å². The second-order valence-electron chi connectivity index (χ2n) is 8.53. The van der Waals surface area contributed by atoms with Crippen LogP contribution in [0.25, 0.3) is 0 Å².